The molecular formula is C16H24BrN5. The average Bonchev–Trinajstić information content (AvgIpc) is 3.10. The first-order valence-electron chi connectivity index (χ1n) is 8.11. The van der Waals surface area contributed by atoms with Gasteiger partial charge in [-0.2, -0.15) is 0 Å². The highest BCUT2D eigenvalue weighted by Gasteiger charge is 2.24. The molecule has 3 heterocycles. The summed E-state index contributed by atoms with van der Waals surface area (Å²) in [6, 6.07) is 4.62. The van der Waals surface area contributed by atoms with Crippen molar-refractivity contribution in [2.24, 2.45) is 5.92 Å². The lowest BCUT2D eigenvalue weighted by Gasteiger charge is -2.25. The Morgan fingerprint density at radius 2 is 2.27 bits per heavy atom. The third-order valence-corrected chi connectivity index (χ3v) is 4.87. The van der Waals surface area contributed by atoms with Gasteiger partial charge < -0.3 is 5.32 Å². The molecule has 0 aromatic carbocycles. The van der Waals surface area contributed by atoms with Crippen LogP contribution in [0.3, 0.4) is 0 Å². The molecule has 0 amide bonds. The van der Waals surface area contributed by atoms with Crippen LogP contribution in [0.1, 0.15) is 33.1 Å². The molecule has 1 atom stereocenters. The zero-order chi connectivity index (χ0) is 15.5. The quantitative estimate of drug-likeness (QED) is 0.851. The van der Waals surface area contributed by atoms with Gasteiger partial charge in [0.2, 0.25) is 0 Å². The van der Waals surface area contributed by atoms with E-state index in [0.717, 1.165) is 28.5 Å². The molecule has 6 heteroatoms. The van der Waals surface area contributed by atoms with Gasteiger partial charge in [-0.05, 0) is 66.3 Å². The Morgan fingerprint density at radius 3 is 3.09 bits per heavy atom. The van der Waals surface area contributed by atoms with E-state index in [-0.39, 0.29) is 0 Å². The van der Waals surface area contributed by atoms with E-state index < -0.39 is 0 Å². The molecule has 0 unspecified atom stereocenters. The lowest BCUT2D eigenvalue weighted by molar-refractivity contribution is 0.247. The summed E-state index contributed by atoms with van der Waals surface area (Å²) < 4.78 is 2.69. The number of halogens is 1. The SMILES string of the molecule is CC(C)CCN1CCC[C@H]1CNc1ccc2ncc(Br)n2n1. The van der Waals surface area contributed by atoms with Gasteiger partial charge in [-0.1, -0.05) is 13.8 Å². The van der Waals surface area contributed by atoms with E-state index in [2.05, 4.69) is 50.1 Å². The van der Waals surface area contributed by atoms with Crippen LogP contribution in [0.15, 0.2) is 22.9 Å². The van der Waals surface area contributed by atoms with Crippen molar-refractivity contribution in [1.29, 1.82) is 0 Å². The molecule has 0 aliphatic carbocycles. The fourth-order valence-electron chi connectivity index (χ4n) is 3.01. The summed E-state index contributed by atoms with van der Waals surface area (Å²) in [7, 11) is 0. The minimum Gasteiger partial charge on any atom is -0.367 e. The number of fused-ring (bicyclic) bond motifs is 1. The molecule has 0 saturated carbocycles. The standard InChI is InChI=1S/C16H24BrN5/c1-12(2)7-9-21-8-3-4-13(21)10-18-15-5-6-16-19-11-14(17)22(16)20-15/h5-6,11-13H,3-4,7-10H2,1-2H3,(H,18,20)/t13-/m0/s1. The highest BCUT2D eigenvalue weighted by molar-refractivity contribution is 9.10. The van der Waals surface area contributed by atoms with Crippen LogP contribution < -0.4 is 5.32 Å². The molecule has 1 fully saturated rings. The number of imidazole rings is 1. The maximum Gasteiger partial charge on any atom is 0.154 e. The fraction of sp³-hybridized carbons (Fsp3) is 0.625. The molecule has 2 aromatic rings. The lowest BCUT2D eigenvalue weighted by atomic mass is 10.1. The summed E-state index contributed by atoms with van der Waals surface area (Å²) in [5.41, 5.74) is 0.858. The largest absolute Gasteiger partial charge is 0.367 e. The third-order valence-electron chi connectivity index (χ3n) is 4.33. The van der Waals surface area contributed by atoms with Crippen LogP contribution in [0, 0.1) is 5.92 Å². The Bertz CT molecular complexity index is 624. The van der Waals surface area contributed by atoms with E-state index in [1.807, 2.05) is 16.6 Å². The second-order valence-corrected chi connectivity index (χ2v) is 7.28. The monoisotopic (exact) mass is 365 g/mol. The second kappa shape index (κ2) is 6.96. The van der Waals surface area contributed by atoms with E-state index in [1.165, 1.54) is 32.4 Å². The summed E-state index contributed by atoms with van der Waals surface area (Å²) in [6.45, 7) is 8.00. The minimum absolute atomic E-state index is 0.627. The summed E-state index contributed by atoms with van der Waals surface area (Å²) in [4.78, 5) is 6.89. The van der Waals surface area contributed by atoms with Crippen molar-refractivity contribution in [1.82, 2.24) is 19.5 Å². The number of nitrogens with one attached hydrogen (secondary N) is 1. The van der Waals surface area contributed by atoms with Gasteiger partial charge in [0.1, 0.15) is 10.4 Å². The number of aromatic nitrogens is 3. The van der Waals surface area contributed by atoms with Crippen molar-refractivity contribution in [3.8, 4) is 0 Å². The van der Waals surface area contributed by atoms with Crippen LogP contribution in [0.5, 0.6) is 0 Å². The number of hydrogen-bond donors (Lipinski definition) is 1. The van der Waals surface area contributed by atoms with Crippen molar-refractivity contribution in [3.05, 3.63) is 22.9 Å². The fourth-order valence-corrected chi connectivity index (χ4v) is 3.37. The van der Waals surface area contributed by atoms with Gasteiger partial charge in [-0.3, -0.25) is 4.90 Å². The van der Waals surface area contributed by atoms with Gasteiger partial charge in [0.05, 0.1) is 6.20 Å². The van der Waals surface area contributed by atoms with Crippen molar-refractivity contribution < 1.29 is 0 Å². The Kier molecular flexibility index (Phi) is 4.98. The molecule has 3 rings (SSSR count). The Labute approximate surface area is 140 Å². The zero-order valence-electron chi connectivity index (χ0n) is 13.3. The van der Waals surface area contributed by atoms with E-state index in [0.29, 0.717) is 6.04 Å². The van der Waals surface area contributed by atoms with Gasteiger partial charge in [0.15, 0.2) is 5.65 Å². The van der Waals surface area contributed by atoms with Crippen molar-refractivity contribution in [2.45, 2.75) is 39.2 Å². The first-order valence-corrected chi connectivity index (χ1v) is 8.91. The molecule has 2 aromatic heterocycles. The molecule has 0 radical (unpaired) electrons. The molecule has 1 aliphatic heterocycles. The summed E-state index contributed by atoms with van der Waals surface area (Å²) in [6.07, 6.45) is 5.64. The molecule has 22 heavy (non-hydrogen) atoms. The predicted molar refractivity (Wildman–Crippen MR) is 93.2 cm³/mol. The number of likely N-dealkylation sites (tertiary alicyclic amines) is 1. The van der Waals surface area contributed by atoms with Crippen molar-refractivity contribution in [2.75, 3.05) is 25.0 Å². The molecule has 0 spiro atoms. The van der Waals surface area contributed by atoms with Gasteiger partial charge >= 0.3 is 0 Å². The average molecular weight is 366 g/mol. The summed E-state index contributed by atoms with van der Waals surface area (Å²) >= 11 is 3.46. The van der Waals surface area contributed by atoms with E-state index in [9.17, 15) is 0 Å². The highest BCUT2D eigenvalue weighted by atomic mass is 79.9. The first-order chi connectivity index (χ1) is 10.6. The topological polar surface area (TPSA) is 45.5 Å². The molecular weight excluding hydrogens is 342 g/mol. The maximum absolute atomic E-state index is 4.57. The second-order valence-electron chi connectivity index (χ2n) is 6.46. The van der Waals surface area contributed by atoms with Crippen molar-refractivity contribution >= 4 is 27.4 Å². The number of anilines is 1. The first kappa shape index (κ1) is 15.7. The van der Waals surface area contributed by atoms with Gasteiger partial charge in [0, 0.05) is 12.6 Å². The smallest absolute Gasteiger partial charge is 0.154 e. The van der Waals surface area contributed by atoms with Crippen LogP contribution in [-0.2, 0) is 0 Å². The van der Waals surface area contributed by atoms with Crippen LogP contribution in [0.2, 0.25) is 0 Å². The van der Waals surface area contributed by atoms with Crippen molar-refractivity contribution in [3.63, 3.8) is 0 Å². The van der Waals surface area contributed by atoms with Crippen LogP contribution in [-0.4, -0.2) is 45.2 Å². The lowest BCUT2D eigenvalue weighted by Crippen LogP contribution is -2.36. The number of rotatable bonds is 6. The molecule has 1 N–H and O–H groups in total. The molecule has 120 valence electrons. The molecule has 1 saturated heterocycles. The maximum atomic E-state index is 4.57. The Balaban J connectivity index is 1.59. The Morgan fingerprint density at radius 1 is 1.41 bits per heavy atom. The summed E-state index contributed by atoms with van der Waals surface area (Å²) in [5.74, 6) is 1.68. The van der Waals surface area contributed by atoms with Gasteiger partial charge in [0.25, 0.3) is 0 Å². The van der Waals surface area contributed by atoms with E-state index >= 15 is 0 Å². The van der Waals surface area contributed by atoms with Gasteiger partial charge in [-0.25, -0.2) is 9.50 Å². The van der Waals surface area contributed by atoms with E-state index in [1.54, 1.807) is 6.20 Å². The minimum atomic E-state index is 0.627. The molecule has 5 nitrogen and oxygen atoms in total. The highest BCUT2D eigenvalue weighted by Crippen LogP contribution is 2.19. The number of nitrogens with zero attached hydrogens (tertiary/aromatic N) is 4. The third kappa shape index (κ3) is 3.60. The normalized spacial score (nSPS) is 19.4. The Hall–Kier alpha value is -1.14. The number of hydrogen-bond acceptors (Lipinski definition) is 4. The zero-order valence-corrected chi connectivity index (χ0v) is 14.9. The van der Waals surface area contributed by atoms with Crippen LogP contribution in [0.25, 0.3) is 5.65 Å². The predicted octanol–water partition coefficient (Wildman–Crippen LogP) is 3.41. The van der Waals surface area contributed by atoms with E-state index in [4.69, 9.17) is 0 Å². The van der Waals surface area contributed by atoms with Gasteiger partial charge in [-0.15, -0.1) is 5.10 Å². The van der Waals surface area contributed by atoms with Crippen LogP contribution in [0.4, 0.5) is 5.82 Å². The molecule has 0 bridgehead atoms. The summed E-state index contributed by atoms with van der Waals surface area (Å²) in [5, 5.41) is 8.06. The molecule has 1 aliphatic rings. The van der Waals surface area contributed by atoms with Crippen LogP contribution >= 0.6 is 15.9 Å².